The lowest BCUT2D eigenvalue weighted by atomic mass is 9.91. The van der Waals surface area contributed by atoms with E-state index in [-0.39, 0.29) is 11.8 Å². The molecule has 0 aliphatic carbocycles. The van der Waals surface area contributed by atoms with E-state index in [1.807, 2.05) is 27.7 Å². The highest BCUT2D eigenvalue weighted by Gasteiger charge is 2.43. The first-order valence-electron chi connectivity index (χ1n) is 18.9. The number of aliphatic hydroxyl groups is 2. The maximum absolute atomic E-state index is 11.5. The molecule has 0 rings (SSSR count). The van der Waals surface area contributed by atoms with E-state index in [2.05, 4.69) is 13.8 Å². The van der Waals surface area contributed by atoms with Gasteiger partial charge in [-0.05, 0) is 12.8 Å². The van der Waals surface area contributed by atoms with Gasteiger partial charge >= 0.3 is 0 Å². The van der Waals surface area contributed by atoms with Crippen LogP contribution in [-0.2, 0) is 4.74 Å². The van der Waals surface area contributed by atoms with Gasteiger partial charge in [0.05, 0.1) is 0 Å². The molecule has 0 saturated heterocycles. The monoisotopic (exact) mass is 583 g/mol. The number of unbranched alkanes of at least 4 members (excludes halogenated alkanes) is 24. The maximum atomic E-state index is 11.5. The average Bonchev–Trinajstić information content (AvgIpc) is 2.93. The van der Waals surface area contributed by atoms with Crippen LogP contribution >= 0.6 is 0 Å². The Bertz CT molecular complexity index is 488. The largest absolute Gasteiger partial charge is 0.365 e. The van der Waals surface area contributed by atoms with E-state index in [9.17, 15) is 10.2 Å². The molecule has 0 amide bonds. The summed E-state index contributed by atoms with van der Waals surface area (Å²) in [5.74, 6) is -2.60. The van der Waals surface area contributed by atoms with Gasteiger partial charge in [0, 0.05) is 24.7 Å². The third-order valence-corrected chi connectivity index (χ3v) is 9.43. The van der Waals surface area contributed by atoms with Crippen molar-refractivity contribution < 1.29 is 14.9 Å². The zero-order valence-corrected chi connectivity index (χ0v) is 29.3. The van der Waals surface area contributed by atoms with Crippen LogP contribution in [0.15, 0.2) is 0 Å². The van der Waals surface area contributed by atoms with Crippen LogP contribution in [0.3, 0.4) is 0 Å². The summed E-state index contributed by atoms with van der Waals surface area (Å²) in [6, 6.07) is 0. The molecule has 3 nitrogen and oxygen atoms in total. The molecule has 41 heavy (non-hydrogen) atoms. The summed E-state index contributed by atoms with van der Waals surface area (Å²) in [6.45, 7) is 12.7. The van der Waals surface area contributed by atoms with Crippen molar-refractivity contribution in [2.24, 2.45) is 11.8 Å². The zero-order chi connectivity index (χ0) is 30.7. The van der Waals surface area contributed by atoms with Gasteiger partial charge in [-0.2, -0.15) is 0 Å². The molecule has 0 bridgehead atoms. The molecule has 2 N–H and O–H groups in total. The van der Waals surface area contributed by atoms with E-state index >= 15 is 0 Å². The van der Waals surface area contributed by atoms with Crippen LogP contribution in [-0.4, -0.2) is 21.8 Å². The van der Waals surface area contributed by atoms with Crippen molar-refractivity contribution in [1.82, 2.24) is 0 Å². The van der Waals surface area contributed by atoms with Gasteiger partial charge < -0.3 is 14.9 Å². The lowest BCUT2D eigenvalue weighted by molar-refractivity contribution is -0.365. The molecule has 0 radical (unpaired) electrons. The van der Waals surface area contributed by atoms with E-state index in [0.717, 1.165) is 25.7 Å². The van der Waals surface area contributed by atoms with Crippen molar-refractivity contribution in [3.63, 3.8) is 0 Å². The first kappa shape index (κ1) is 40.9. The van der Waals surface area contributed by atoms with Crippen LogP contribution in [0.25, 0.3) is 0 Å². The van der Waals surface area contributed by atoms with Gasteiger partial charge in [0.1, 0.15) is 0 Å². The molecule has 3 heteroatoms. The highest BCUT2D eigenvalue weighted by Crippen LogP contribution is 2.36. The minimum absolute atomic E-state index is 0.0447. The maximum Gasteiger partial charge on any atom is 0.171 e. The van der Waals surface area contributed by atoms with Crippen LogP contribution < -0.4 is 0 Å². The van der Waals surface area contributed by atoms with Gasteiger partial charge in [-0.25, -0.2) is 0 Å². The Hall–Kier alpha value is -0.120. The van der Waals surface area contributed by atoms with Crippen molar-refractivity contribution in [3.05, 3.63) is 0 Å². The second-order valence-electron chi connectivity index (χ2n) is 14.1. The van der Waals surface area contributed by atoms with E-state index < -0.39 is 11.6 Å². The van der Waals surface area contributed by atoms with Crippen LogP contribution in [0.1, 0.15) is 221 Å². The Labute approximate surface area is 259 Å². The lowest BCUT2D eigenvalue weighted by Gasteiger charge is -2.42. The number of hydrogen-bond acceptors (Lipinski definition) is 3. The first-order valence-corrected chi connectivity index (χ1v) is 18.9. The quantitative estimate of drug-likeness (QED) is 0.0612. The molecule has 2 atom stereocenters. The number of ether oxygens (including phenoxy) is 1. The third-order valence-electron chi connectivity index (χ3n) is 9.43. The molecule has 248 valence electrons. The minimum atomic E-state index is -1.26. The smallest absolute Gasteiger partial charge is 0.171 e. The van der Waals surface area contributed by atoms with Gasteiger partial charge in [0.2, 0.25) is 0 Å². The third kappa shape index (κ3) is 23.0. The van der Waals surface area contributed by atoms with Gasteiger partial charge in [-0.1, -0.05) is 196 Å². The Balaban J connectivity index is 4.12. The summed E-state index contributed by atoms with van der Waals surface area (Å²) in [6.07, 6.45) is 35.4. The molecular weight excluding hydrogens is 504 g/mol. The van der Waals surface area contributed by atoms with Crippen LogP contribution in [0.5, 0.6) is 0 Å². The summed E-state index contributed by atoms with van der Waals surface area (Å²) in [5.41, 5.74) is 0. The lowest BCUT2D eigenvalue weighted by Crippen LogP contribution is -2.50. The normalized spacial score (nSPS) is 15.1. The molecule has 0 aliphatic heterocycles. The van der Waals surface area contributed by atoms with Crippen LogP contribution in [0.2, 0.25) is 0 Å². The van der Waals surface area contributed by atoms with E-state index in [1.165, 1.54) is 141 Å². The first-order chi connectivity index (χ1) is 19.7. The Morgan fingerprint density at radius 3 is 0.756 bits per heavy atom. The summed E-state index contributed by atoms with van der Waals surface area (Å²) in [7, 11) is 0. The highest BCUT2D eigenvalue weighted by atomic mass is 16.7. The van der Waals surface area contributed by atoms with Gasteiger partial charge in [0.15, 0.2) is 11.6 Å². The topological polar surface area (TPSA) is 49.7 Å². The molecule has 0 fully saturated rings. The fraction of sp³-hybridized carbons (Fsp3) is 1.00. The van der Waals surface area contributed by atoms with Gasteiger partial charge in [0.25, 0.3) is 0 Å². The van der Waals surface area contributed by atoms with Gasteiger partial charge in [-0.3, -0.25) is 0 Å². The molecule has 0 aliphatic rings. The fourth-order valence-electron chi connectivity index (χ4n) is 6.01. The predicted octanol–water partition coefficient (Wildman–Crippen LogP) is 12.7. The molecule has 0 aromatic carbocycles. The number of hydrogen-bond donors (Lipinski definition) is 2. The second-order valence-corrected chi connectivity index (χ2v) is 14.1. The Morgan fingerprint density at radius 2 is 0.561 bits per heavy atom. The van der Waals surface area contributed by atoms with Crippen LogP contribution in [0, 0.1) is 11.8 Å². The Morgan fingerprint density at radius 1 is 0.366 bits per heavy atom. The van der Waals surface area contributed by atoms with E-state index in [0.29, 0.717) is 12.8 Å². The molecule has 0 heterocycles. The zero-order valence-electron chi connectivity index (χ0n) is 29.3. The summed E-state index contributed by atoms with van der Waals surface area (Å²) >= 11 is 0. The molecule has 2 unspecified atom stereocenters. The summed E-state index contributed by atoms with van der Waals surface area (Å²) < 4.78 is 6.27. The van der Waals surface area contributed by atoms with Crippen molar-refractivity contribution in [2.45, 2.75) is 233 Å². The van der Waals surface area contributed by atoms with Crippen molar-refractivity contribution in [1.29, 1.82) is 0 Å². The molecular formula is C38H78O3. The SMILES string of the molecule is CCCCCCCCCCCCCCCC(O)(OC(O)(CCCCCCCCCCCCCCC)C(C)C)C(C)C. The Kier molecular flexibility index (Phi) is 27.4. The highest BCUT2D eigenvalue weighted by molar-refractivity contribution is 4.80. The van der Waals surface area contributed by atoms with E-state index in [4.69, 9.17) is 4.74 Å². The summed E-state index contributed by atoms with van der Waals surface area (Å²) in [4.78, 5) is 0. The molecule has 0 aromatic heterocycles. The van der Waals surface area contributed by atoms with Crippen molar-refractivity contribution in [3.8, 4) is 0 Å². The molecule has 0 saturated carbocycles. The second kappa shape index (κ2) is 27.4. The predicted molar refractivity (Wildman–Crippen MR) is 181 cm³/mol. The van der Waals surface area contributed by atoms with Crippen LogP contribution in [0.4, 0.5) is 0 Å². The van der Waals surface area contributed by atoms with Crippen molar-refractivity contribution >= 4 is 0 Å². The average molecular weight is 583 g/mol. The van der Waals surface area contributed by atoms with E-state index in [1.54, 1.807) is 0 Å². The minimum Gasteiger partial charge on any atom is -0.365 e. The number of rotatable bonds is 32. The molecule has 0 spiro atoms. The van der Waals surface area contributed by atoms with Crippen molar-refractivity contribution in [2.75, 3.05) is 0 Å². The standard InChI is InChI=1S/C38H78O3/c1-7-9-11-13-15-17-19-21-23-25-27-29-31-33-37(39,35(3)4)41-38(40,36(5)6)34-32-30-28-26-24-22-20-18-16-14-12-10-8-2/h35-36,39-40H,7-34H2,1-6H3. The summed E-state index contributed by atoms with van der Waals surface area (Å²) in [5, 5.41) is 22.9. The fourth-order valence-corrected chi connectivity index (χ4v) is 6.01. The molecule has 0 aromatic rings. The van der Waals surface area contributed by atoms with Gasteiger partial charge in [-0.15, -0.1) is 0 Å².